The summed E-state index contributed by atoms with van der Waals surface area (Å²) in [6.07, 6.45) is 3.56. The highest BCUT2D eigenvalue weighted by molar-refractivity contribution is 4.78. The van der Waals surface area contributed by atoms with Crippen molar-refractivity contribution in [2.24, 2.45) is 5.73 Å². The lowest BCUT2D eigenvalue weighted by Gasteiger charge is -2.38. The first-order valence-corrected chi connectivity index (χ1v) is 7.56. The molecule has 0 aromatic carbocycles. The molecule has 0 amide bonds. The van der Waals surface area contributed by atoms with Gasteiger partial charge in [0, 0.05) is 51.9 Å². The van der Waals surface area contributed by atoms with Crippen LogP contribution in [0.3, 0.4) is 0 Å². The Bertz CT molecular complexity index is 189. The highest BCUT2D eigenvalue weighted by Crippen LogP contribution is 2.08. The molecule has 0 aromatic heterocycles. The maximum absolute atomic E-state index is 5.80. The van der Waals surface area contributed by atoms with Crippen LogP contribution < -0.4 is 5.73 Å². The molecule has 1 aliphatic rings. The molecule has 0 saturated carbocycles. The molecule has 1 saturated heterocycles. The average molecular weight is 257 g/mol. The summed E-state index contributed by atoms with van der Waals surface area (Å²) >= 11 is 0. The number of hydrogen-bond donors (Lipinski definition) is 1. The molecule has 108 valence electrons. The number of nitrogens with two attached hydrogens (primary N) is 1. The lowest BCUT2D eigenvalue weighted by Crippen LogP contribution is -2.52. The van der Waals surface area contributed by atoms with E-state index in [1.165, 1.54) is 12.8 Å². The highest BCUT2D eigenvalue weighted by Gasteiger charge is 2.21. The first kappa shape index (κ1) is 15.9. The average Bonchev–Trinajstić information content (AvgIpc) is 2.41. The van der Waals surface area contributed by atoms with Crippen LogP contribution in [0.5, 0.6) is 0 Å². The Kier molecular flexibility index (Phi) is 8.59. The van der Waals surface area contributed by atoms with Gasteiger partial charge in [0.1, 0.15) is 0 Å². The number of ether oxygens (including phenoxy) is 1. The van der Waals surface area contributed by atoms with Gasteiger partial charge in [-0.05, 0) is 12.8 Å². The summed E-state index contributed by atoms with van der Waals surface area (Å²) in [7, 11) is 0. The standard InChI is InChI=1S/C14H31N3O/c1-3-5-11-18-12-10-16-6-8-17(9-7-16)14(4-2)13-15/h14H,3-13,15H2,1-2H3. The van der Waals surface area contributed by atoms with Crippen molar-refractivity contribution in [1.82, 2.24) is 9.80 Å². The van der Waals surface area contributed by atoms with Crippen LogP contribution in [0.2, 0.25) is 0 Å². The molecule has 0 radical (unpaired) electrons. The summed E-state index contributed by atoms with van der Waals surface area (Å²) in [5.74, 6) is 0. The zero-order valence-corrected chi connectivity index (χ0v) is 12.2. The minimum absolute atomic E-state index is 0.577. The van der Waals surface area contributed by atoms with E-state index in [1.54, 1.807) is 0 Å². The maximum Gasteiger partial charge on any atom is 0.0593 e. The fraction of sp³-hybridized carbons (Fsp3) is 1.00. The highest BCUT2D eigenvalue weighted by atomic mass is 16.5. The largest absolute Gasteiger partial charge is 0.380 e. The molecule has 1 heterocycles. The second-order valence-electron chi connectivity index (χ2n) is 5.14. The zero-order valence-electron chi connectivity index (χ0n) is 12.2. The lowest BCUT2D eigenvalue weighted by atomic mass is 10.1. The van der Waals surface area contributed by atoms with E-state index in [0.29, 0.717) is 6.04 Å². The van der Waals surface area contributed by atoms with E-state index in [2.05, 4.69) is 23.6 Å². The van der Waals surface area contributed by atoms with Gasteiger partial charge in [0.25, 0.3) is 0 Å². The summed E-state index contributed by atoms with van der Waals surface area (Å²) in [5.41, 5.74) is 5.80. The Morgan fingerprint density at radius 3 is 2.39 bits per heavy atom. The van der Waals surface area contributed by atoms with Crippen molar-refractivity contribution in [2.75, 3.05) is 52.5 Å². The molecule has 1 rings (SSSR count). The van der Waals surface area contributed by atoms with Gasteiger partial charge in [-0.1, -0.05) is 20.3 Å². The van der Waals surface area contributed by atoms with Gasteiger partial charge >= 0.3 is 0 Å². The van der Waals surface area contributed by atoms with E-state index in [0.717, 1.165) is 58.9 Å². The summed E-state index contributed by atoms with van der Waals surface area (Å²) in [6, 6.07) is 0.577. The lowest BCUT2D eigenvalue weighted by molar-refractivity contribution is 0.0607. The van der Waals surface area contributed by atoms with E-state index < -0.39 is 0 Å². The van der Waals surface area contributed by atoms with Crippen LogP contribution in [0.25, 0.3) is 0 Å². The Labute approximate surface area is 112 Å². The normalized spacial score (nSPS) is 20.2. The summed E-state index contributed by atoms with van der Waals surface area (Å²) in [4.78, 5) is 5.04. The van der Waals surface area contributed by atoms with Crippen molar-refractivity contribution in [3.8, 4) is 0 Å². The van der Waals surface area contributed by atoms with Crippen LogP contribution >= 0.6 is 0 Å². The fourth-order valence-electron chi connectivity index (χ4n) is 2.47. The van der Waals surface area contributed by atoms with Crippen molar-refractivity contribution >= 4 is 0 Å². The summed E-state index contributed by atoms with van der Waals surface area (Å²) in [5, 5.41) is 0. The first-order valence-electron chi connectivity index (χ1n) is 7.56. The molecule has 0 aromatic rings. The third kappa shape index (κ3) is 5.65. The van der Waals surface area contributed by atoms with Crippen molar-refractivity contribution in [3.63, 3.8) is 0 Å². The van der Waals surface area contributed by atoms with Crippen molar-refractivity contribution in [2.45, 2.75) is 39.2 Å². The monoisotopic (exact) mass is 257 g/mol. The Balaban J connectivity index is 2.08. The van der Waals surface area contributed by atoms with Gasteiger partial charge in [0.05, 0.1) is 6.61 Å². The van der Waals surface area contributed by atoms with E-state index in [4.69, 9.17) is 10.5 Å². The molecule has 4 heteroatoms. The van der Waals surface area contributed by atoms with Crippen LogP contribution in [0.1, 0.15) is 33.1 Å². The molecular formula is C14H31N3O. The number of hydrogen-bond acceptors (Lipinski definition) is 4. The van der Waals surface area contributed by atoms with E-state index in [1.807, 2.05) is 0 Å². The number of rotatable bonds is 9. The van der Waals surface area contributed by atoms with Gasteiger partial charge in [-0.15, -0.1) is 0 Å². The Morgan fingerprint density at radius 2 is 1.83 bits per heavy atom. The molecule has 0 aliphatic carbocycles. The zero-order chi connectivity index (χ0) is 13.2. The fourth-order valence-corrected chi connectivity index (χ4v) is 2.47. The molecule has 0 spiro atoms. The summed E-state index contributed by atoms with van der Waals surface area (Å²) in [6.45, 7) is 12.7. The van der Waals surface area contributed by atoms with Gasteiger partial charge in [0.2, 0.25) is 0 Å². The van der Waals surface area contributed by atoms with Crippen molar-refractivity contribution < 1.29 is 4.74 Å². The Morgan fingerprint density at radius 1 is 1.11 bits per heavy atom. The quantitative estimate of drug-likeness (QED) is 0.629. The maximum atomic E-state index is 5.80. The van der Waals surface area contributed by atoms with Crippen molar-refractivity contribution in [3.05, 3.63) is 0 Å². The van der Waals surface area contributed by atoms with Gasteiger partial charge in [-0.3, -0.25) is 9.80 Å². The second-order valence-corrected chi connectivity index (χ2v) is 5.14. The number of piperazine rings is 1. The van der Waals surface area contributed by atoms with E-state index in [9.17, 15) is 0 Å². The first-order chi connectivity index (χ1) is 8.81. The molecule has 18 heavy (non-hydrogen) atoms. The second kappa shape index (κ2) is 9.73. The smallest absolute Gasteiger partial charge is 0.0593 e. The predicted molar refractivity (Wildman–Crippen MR) is 76.9 cm³/mol. The molecule has 0 bridgehead atoms. The molecule has 4 nitrogen and oxygen atoms in total. The van der Waals surface area contributed by atoms with Gasteiger partial charge in [-0.25, -0.2) is 0 Å². The topological polar surface area (TPSA) is 41.7 Å². The van der Waals surface area contributed by atoms with Crippen LogP contribution in [-0.4, -0.2) is 68.3 Å². The molecule has 1 fully saturated rings. The summed E-state index contributed by atoms with van der Waals surface area (Å²) < 4.78 is 5.62. The predicted octanol–water partition coefficient (Wildman–Crippen LogP) is 1.16. The SMILES string of the molecule is CCCCOCCN1CCN(C(CC)CN)CC1. The number of nitrogens with zero attached hydrogens (tertiary/aromatic N) is 2. The van der Waals surface area contributed by atoms with Crippen LogP contribution in [0.15, 0.2) is 0 Å². The molecule has 1 aliphatic heterocycles. The third-order valence-corrected chi connectivity index (χ3v) is 3.86. The molecule has 1 atom stereocenters. The minimum atomic E-state index is 0.577. The van der Waals surface area contributed by atoms with Crippen LogP contribution in [0, 0.1) is 0 Å². The van der Waals surface area contributed by atoms with Crippen LogP contribution in [-0.2, 0) is 4.74 Å². The number of unbranched alkanes of at least 4 members (excludes halogenated alkanes) is 1. The molecule has 2 N–H and O–H groups in total. The molecule has 1 unspecified atom stereocenters. The van der Waals surface area contributed by atoms with Crippen LogP contribution in [0.4, 0.5) is 0 Å². The van der Waals surface area contributed by atoms with Crippen molar-refractivity contribution in [1.29, 1.82) is 0 Å². The minimum Gasteiger partial charge on any atom is -0.380 e. The van der Waals surface area contributed by atoms with E-state index in [-0.39, 0.29) is 0 Å². The van der Waals surface area contributed by atoms with Gasteiger partial charge in [0.15, 0.2) is 0 Å². The third-order valence-electron chi connectivity index (χ3n) is 3.86. The van der Waals surface area contributed by atoms with Gasteiger partial charge < -0.3 is 10.5 Å². The molecular weight excluding hydrogens is 226 g/mol. The Hall–Kier alpha value is -0.160. The van der Waals surface area contributed by atoms with Gasteiger partial charge in [-0.2, -0.15) is 0 Å². The van der Waals surface area contributed by atoms with E-state index >= 15 is 0 Å².